The average molecular weight is 364 g/mol. The van der Waals surface area contributed by atoms with Crippen LogP contribution in [0.25, 0.3) is 0 Å². The summed E-state index contributed by atoms with van der Waals surface area (Å²) in [5.74, 6) is -0.500. The Bertz CT molecular complexity index is 694. The average Bonchev–Trinajstić information content (AvgIpc) is 2.86. The molecule has 1 aromatic rings. The Morgan fingerprint density at radius 1 is 1.28 bits per heavy atom. The summed E-state index contributed by atoms with van der Waals surface area (Å²) >= 11 is 1.49. The second-order valence-corrected chi connectivity index (χ2v) is 8.20. The van der Waals surface area contributed by atoms with E-state index < -0.39 is 22.8 Å². The van der Waals surface area contributed by atoms with Crippen LogP contribution >= 0.6 is 11.8 Å². The van der Waals surface area contributed by atoms with Gasteiger partial charge >= 0.3 is 5.97 Å². The zero-order valence-corrected chi connectivity index (χ0v) is 15.0. The van der Waals surface area contributed by atoms with Crippen molar-refractivity contribution in [2.45, 2.75) is 36.1 Å². The lowest BCUT2D eigenvalue weighted by Crippen LogP contribution is -2.71. The van der Waals surface area contributed by atoms with Crippen LogP contribution in [-0.2, 0) is 19.1 Å². The van der Waals surface area contributed by atoms with Crippen LogP contribution in [0, 0.1) is 0 Å². The number of ether oxygens (including phenoxy) is 2. The molecule has 1 N–H and O–H groups in total. The molecule has 3 unspecified atom stereocenters. The van der Waals surface area contributed by atoms with E-state index in [-0.39, 0.29) is 23.8 Å². The minimum Gasteiger partial charge on any atom is -0.484 e. The van der Waals surface area contributed by atoms with Crippen molar-refractivity contribution < 1.29 is 23.9 Å². The predicted molar refractivity (Wildman–Crippen MR) is 92.0 cm³/mol. The molecule has 0 radical (unpaired) electrons. The highest BCUT2D eigenvalue weighted by Gasteiger charge is 2.64. The molecule has 3 rings (SSSR count). The third-order valence-corrected chi connectivity index (χ3v) is 5.87. The SMILES string of the molecule is COC(=O)C1N2C(=O)C(NC(=O)COc3ccccc3)C2SC1(C)C. The number of hydrogen-bond donors (Lipinski definition) is 1. The van der Waals surface area contributed by atoms with E-state index in [0.717, 1.165) is 0 Å². The lowest BCUT2D eigenvalue weighted by atomic mass is 9.96. The predicted octanol–water partition coefficient (Wildman–Crippen LogP) is 0.786. The van der Waals surface area contributed by atoms with E-state index in [1.165, 1.54) is 23.8 Å². The highest BCUT2D eigenvalue weighted by Crippen LogP contribution is 2.50. The molecule has 2 aliphatic heterocycles. The lowest BCUT2D eigenvalue weighted by Gasteiger charge is -2.43. The van der Waals surface area contributed by atoms with Gasteiger partial charge in [-0.2, -0.15) is 0 Å². The number of fused-ring (bicyclic) bond motifs is 1. The molecule has 0 spiro atoms. The van der Waals surface area contributed by atoms with Gasteiger partial charge in [-0.25, -0.2) is 4.79 Å². The number of nitrogens with zero attached hydrogens (tertiary/aromatic N) is 1. The van der Waals surface area contributed by atoms with Crippen molar-refractivity contribution in [1.29, 1.82) is 0 Å². The molecule has 3 atom stereocenters. The Morgan fingerprint density at radius 2 is 1.96 bits per heavy atom. The topological polar surface area (TPSA) is 84.9 Å². The van der Waals surface area contributed by atoms with Gasteiger partial charge in [0.05, 0.1) is 7.11 Å². The van der Waals surface area contributed by atoms with Gasteiger partial charge in [0.1, 0.15) is 23.2 Å². The molecule has 0 aromatic heterocycles. The second kappa shape index (κ2) is 6.59. The van der Waals surface area contributed by atoms with Crippen LogP contribution in [0.1, 0.15) is 13.8 Å². The van der Waals surface area contributed by atoms with E-state index in [1.54, 1.807) is 12.1 Å². The lowest BCUT2D eigenvalue weighted by molar-refractivity contribution is -0.162. The fourth-order valence-electron chi connectivity index (χ4n) is 3.12. The van der Waals surface area contributed by atoms with Gasteiger partial charge in [-0.05, 0) is 26.0 Å². The van der Waals surface area contributed by atoms with Crippen molar-refractivity contribution in [2.75, 3.05) is 13.7 Å². The second-order valence-electron chi connectivity index (χ2n) is 6.43. The molecule has 0 bridgehead atoms. The molecule has 25 heavy (non-hydrogen) atoms. The molecule has 7 nitrogen and oxygen atoms in total. The number of β-lactam (4-membered cyclic amide) rings is 1. The zero-order chi connectivity index (χ0) is 18.2. The number of benzene rings is 1. The molecule has 2 saturated heterocycles. The summed E-state index contributed by atoms with van der Waals surface area (Å²) < 4.78 is 9.73. The maximum atomic E-state index is 12.4. The van der Waals surface area contributed by atoms with Crippen molar-refractivity contribution in [3.63, 3.8) is 0 Å². The molecule has 134 valence electrons. The monoisotopic (exact) mass is 364 g/mol. The smallest absolute Gasteiger partial charge is 0.330 e. The highest BCUT2D eigenvalue weighted by molar-refractivity contribution is 8.01. The summed E-state index contributed by atoms with van der Waals surface area (Å²) in [5, 5.41) is 2.42. The molecule has 2 aliphatic rings. The van der Waals surface area contributed by atoms with E-state index >= 15 is 0 Å². The van der Waals surface area contributed by atoms with E-state index in [0.29, 0.717) is 5.75 Å². The third kappa shape index (κ3) is 3.18. The number of methoxy groups -OCH3 is 1. The summed E-state index contributed by atoms with van der Waals surface area (Å²) in [6.45, 7) is 3.61. The molecule has 8 heteroatoms. The first kappa shape index (κ1) is 17.6. The largest absolute Gasteiger partial charge is 0.484 e. The number of rotatable bonds is 5. The Hall–Kier alpha value is -2.22. The Morgan fingerprint density at radius 3 is 2.60 bits per heavy atom. The van der Waals surface area contributed by atoms with Crippen LogP contribution in [0.2, 0.25) is 0 Å². The number of para-hydroxylation sites is 1. The van der Waals surface area contributed by atoms with Gasteiger partial charge in [-0.15, -0.1) is 11.8 Å². The molecular formula is C17H20N2O5S. The fraction of sp³-hybridized carbons (Fsp3) is 0.471. The fourth-order valence-corrected chi connectivity index (χ4v) is 4.74. The van der Waals surface area contributed by atoms with Crippen molar-refractivity contribution in [2.24, 2.45) is 0 Å². The van der Waals surface area contributed by atoms with Gasteiger partial charge in [0.25, 0.3) is 5.91 Å². The number of hydrogen-bond acceptors (Lipinski definition) is 6. The van der Waals surface area contributed by atoms with E-state index in [2.05, 4.69) is 5.32 Å². The summed E-state index contributed by atoms with van der Waals surface area (Å²) in [5.41, 5.74) is 0. The summed E-state index contributed by atoms with van der Waals surface area (Å²) in [6, 6.07) is 7.68. The molecule has 0 saturated carbocycles. The summed E-state index contributed by atoms with van der Waals surface area (Å²) in [4.78, 5) is 38.0. The van der Waals surface area contributed by atoms with Crippen LogP contribution in [0.3, 0.4) is 0 Å². The van der Waals surface area contributed by atoms with Crippen molar-refractivity contribution in [3.05, 3.63) is 30.3 Å². The molecule has 1 aromatic carbocycles. The highest BCUT2D eigenvalue weighted by atomic mass is 32.2. The molecule has 2 amide bonds. The molecule has 2 heterocycles. The molecular weight excluding hydrogens is 344 g/mol. The van der Waals surface area contributed by atoms with E-state index in [4.69, 9.17) is 9.47 Å². The maximum absolute atomic E-state index is 12.4. The normalized spacial score (nSPS) is 26.4. The Balaban J connectivity index is 1.59. The number of carbonyl (C=O) groups excluding carboxylic acids is 3. The minimum atomic E-state index is -0.647. The summed E-state index contributed by atoms with van der Waals surface area (Å²) in [6.07, 6.45) is 0. The third-order valence-electron chi connectivity index (χ3n) is 4.30. The van der Waals surface area contributed by atoms with Gasteiger partial charge in [0.15, 0.2) is 6.61 Å². The zero-order valence-electron chi connectivity index (χ0n) is 14.2. The van der Waals surface area contributed by atoms with Crippen LogP contribution in [0.5, 0.6) is 5.75 Å². The Kier molecular flexibility index (Phi) is 4.64. The van der Waals surface area contributed by atoms with Gasteiger partial charge in [-0.1, -0.05) is 18.2 Å². The number of nitrogens with one attached hydrogen (secondary N) is 1. The Labute approximate surface area is 150 Å². The van der Waals surface area contributed by atoms with Crippen LogP contribution in [0.15, 0.2) is 30.3 Å². The van der Waals surface area contributed by atoms with Crippen molar-refractivity contribution >= 4 is 29.5 Å². The number of amides is 2. The first-order valence-corrected chi connectivity index (χ1v) is 8.78. The summed E-state index contributed by atoms with van der Waals surface area (Å²) in [7, 11) is 1.31. The first-order valence-electron chi connectivity index (χ1n) is 7.90. The van der Waals surface area contributed by atoms with Gasteiger partial charge in [0, 0.05) is 4.75 Å². The van der Waals surface area contributed by atoms with E-state index in [1.807, 2.05) is 32.0 Å². The van der Waals surface area contributed by atoms with Gasteiger partial charge in [-0.3, -0.25) is 9.59 Å². The van der Waals surface area contributed by atoms with E-state index in [9.17, 15) is 14.4 Å². The van der Waals surface area contributed by atoms with Crippen LogP contribution < -0.4 is 10.1 Å². The number of carbonyl (C=O) groups is 3. The quantitative estimate of drug-likeness (QED) is 0.614. The van der Waals surface area contributed by atoms with Crippen LogP contribution in [-0.4, -0.2) is 58.6 Å². The number of esters is 1. The maximum Gasteiger partial charge on any atom is 0.330 e. The van der Waals surface area contributed by atoms with Crippen molar-refractivity contribution in [1.82, 2.24) is 10.2 Å². The van der Waals surface area contributed by atoms with Crippen LogP contribution in [0.4, 0.5) is 0 Å². The first-order chi connectivity index (χ1) is 11.8. The minimum absolute atomic E-state index is 0.172. The van der Waals surface area contributed by atoms with Gasteiger partial charge < -0.3 is 19.7 Å². The molecule has 0 aliphatic carbocycles. The van der Waals surface area contributed by atoms with Crippen molar-refractivity contribution in [3.8, 4) is 5.75 Å². The number of thioether (sulfide) groups is 1. The molecule has 2 fully saturated rings. The standard InChI is InChI=1S/C17H20N2O5S/c1-17(2)13(16(22)23-3)19-14(21)12(15(19)25-17)18-11(20)9-24-10-7-5-4-6-8-10/h4-8,12-13,15H,9H2,1-3H3,(H,18,20). The van der Waals surface area contributed by atoms with Gasteiger partial charge in [0.2, 0.25) is 5.91 Å².